The molecule has 0 spiro atoms. The van der Waals surface area contributed by atoms with Crippen molar-refractivity contribution < 1.29 is 10.2 Å². The summed E-state index contributed by atoms with van der Waals surface area (Å²) in [6, 6.07) is 8.72. The van der Waals surface area contributed by atoms with E-state index in [1.165, 1.54) is 10.6 Å². The van der Waals surface area contributed by atoms with Crippen LogP contribution < -0.4 is 5.69 Å². The van der Waals surface area contributed by atoms with Crippen molar-refractivity contribution in [3.8, 4) is 28.6 Å². The number of benzene rings is 2. The molecule has 2 heterocycles. The highest BCUT2D eigenvalue weighted by molar-refractivity contribution is 5.85. The molecule has 28 heavy (non-hydrogen) atoms. The lowest BCUT2D eigenvalue weighted by molar-refractivity contribution is 0.447. The van der Waals surface area contributed by atoms with E-state index in [-0.39, 0.29) is 23.4 Å². The number of imidazole rings is 1. The molecule has 0 amide bonds. The van der Waals surface area contributed by atoms with Crippen LogP contribution in [0.1, 0.15) is 32.4 Å². The molecule has 0 aliphatic heterocycles. The highest BCUT2D eigenvalue weighted by atomic mass is 16.3. The van der Waals surface area contributed by atoms with Crippen LogP contribution in [0, 0.1) is 0 Å². The molecule has 0 fully saturated rings. The van der Waals surface area contributed by atoms with Crippen molar-refractivity contribution in [2.24, 2.45) is 0 Å². The van der Waals surface area contributed by atoms with Crippen LogP contribution >= 0.6 is 0 Å². The van der Waals surface area contributed by atoms with Gasteiger partial charge in [-0.25, -0.2) is 19.4 Å². The average Bonchev–Trinajstić information content (AvgIpc) is 3.25. The lowest BCUT2D eigenvalue weighted by atomic mass is 10.1. The van der Waals surface area contributed by atoms with Gasteiger partial charge >= 0.3 is 5.69 Å². The number of phenols is 2. The van der Waals surface area contributed by atoms with Gasteiger partial charge in [-0.2, -0.15) is 5.10 Å². The van der Waals surface area contributed by atoms with Gasteiger partial charge in [0.2, 0.25) is 0 Å². The number of H-pyrrole nitrogens is 1. The zero-order valence-corrected chi connectivity index (χ0v) is 15.8. The summed E-state index contributed by atoms with van der Waals surface area (Å²) in [5.74, 6) is 0.101. The molecule has 2 aromatic heterocycles. The molecule has 0 bridgehead atoms. The van der Waals surface area contributed by atoms with Crippen molar-refractivity contribution >= 4 is 11.0 Å². The van der Waals surface area contributed by atoms with E-state index in [9.17, 15) is 15.0 Å². The van der Waals surface area contributed by atoms with Gasteiger partial charge in [0, 0.05) is 12.1 Å². The molecule has 0 unspecified atom stereocenters. The first-order valence-electron chi connectivity index (χ1n) is 9.11. The van der Waals surface area contributed by atoms with E-state index in [0.29, 0.717) is 28.8 Å². The van der Waals surface area contributed by atoms with Crippen LogP contribution in [-0.2, 0) is 6.42 Å². The second-order valence-corrected chi connectivity index (χ2v) is 6.93. The highest BCUT2D eigenvalue weighted by Crippen LogP contribution is 2.35. The summed E-state index contributed by atoms with van der Waals surface area (Å²) in [7, 11) is 0. The molecule has 0 saturated carbocycles. The van der Waals surface area contributed by atoms with Gasteiger partial charge in [-0.1, -0.05) is 13.0 Å². The summed E-state index contributed by atoms with van der Waals surface area (Å²) in [4.78, 5) is 17.1. The molecule has 3 N–H and O–H groups in total. The lowest BCUT2D eigenvalue weighted by Crippen LogP contribution is -2.16. The van der Waals surface area contributed by atoms with Gasteiger partial charge in [-0.3, -0.25) is 0 Å². The van der Waals surface area contributed by atoms with Gasteiger partial charge in [0.15, 0.2) is 5.82 Å². The Morgan fingerprint density at radius 1 is 1.18 bits per heavy atom. The smallest absolute Gasteiger partial charge is 0.348 e. The molecule has 144 valence electrons. The maximum absolute atomic E-state index is 12.6. The first kappa shape index (κ1) is 17.8. The SMILES string of the molecule is CCc1cc(-c2n[nH]c(=O)n2-c2cccc3c2ncn3C(C)C)c(O)cc1O. The van der Waals surface area contributed by atoms with Gasteiger partial charge < -0.3 is 14.8 Å². The maximum atomic E-state index is 12.6. The first-order chi connectivity index (χ1) is 13.4. The number of para-hydroxylation sites is 1. The normalized spacial score (nSPS) is 11.6. The number of hydrogen-bond acceptors (Lipinski definition) is 5. The molecular formula is C20H21N5O3. The third-order valence-electron chi connectivity index (χ3n) is 4.87. The number of phenolic OH excluding ortho intramolecular Hbond substituents is 2. The molecule has 4 aromatic rings. The molecule has 8 nitrogen and oxygen atoms in total. The largest absolute Gasteiger partial charge is 0.508 e. The van der Waals surface area contributed by atoms with Crippen LogP contribution in [0.2, 0.25) is 0 Å². The summed E-state index contributed by atoms with van der Waals surface area (Å²) in [6.45, 7) is 6.01. The summed E-state index contributed by atoms with van der Waals surface area (Å²) >= 11 is 0. The predicted octanol–water partition coefficient (Wildman–Crippen LogP) is 3.13. The van der Waals surface area contributed by atoms with Crippen molar-refractivity contribution in [1.29, 1.82) is 0 Å². The van der Waals surface area contributed by atoms with E-state index in [1.807, 2.05) is 23.6 Å². The Labute approximate surface area is 160 Å². The van der Waals surface area contributed by atoms with Crippen molar-refractivity contribution in [3.05, 3.63) is 52.7 Å². The molecule has 0 aliphatic carbocycles. The van der Waals surface area contributed by atoms with E-state index in [4.69, 9.17) is 0 Å². The molecule has 4 rings (SSSR count). The zero-order valence-electron chi connectivity index (χ0n) is 15.8. The molecule has 0 radical (unpaired) electrons. The van der Waals surface area contributed by atoms with Crippen LogP contribution in [0.15, 0.2) is 41.5 Å². The minimum absolute atomic E-state index is 0.00552. The van der Waals surface area contributed by atoms with Gasteiger partial charge in [-0.15, -0.1) is 0 Å². The van der Waals surface area contributed by atoms with Crippen LogP contribution in [0.5, 0.6) is 11.5 Å². The number of nitrogens with one attached hydrogen (secondary N) is 1. The topological polar surface area (TPSA) is 109 Å². The van der Waals surface area contributed by atoms with E-state index >= 15 is 0 Å². The minimum atomic E-state index is -0.438. The Morgan fingerprint density at radius 3 is 2.68 bits per heavy atom. The number of aryl methyl sites for hydroxylation is 1. The van der Waals surface area contributed by atoms with Gasteiger partial charge in [-0.05, 0) is 44.0 Å². The average molecular weight is 379 g/mol. The standard InChI is InChI=1S/C20H21N5O3/c1-4-12-8-13(17(27)9-16(12)26)19-22-23-20(28)25(19)15-7-5-6-14-18(15)21-10-24(14)11(2)3/h5-11,26-27H,4H2,1-3H3,(H,23,28). The number of rotatable bonds is 4. The Morgan fingerprint density at radius 2 is 1.96 bits per heavy atom. The van der Waals surface area contributed by atoms with E-state index in [0.717, 1.165) is 5.52 Å². The fourth-order valence-electron chi connectivity index (χ4n) is 3.42. The maximum Gasteiger partial charge on any atom is 0.348 e. The zero-order chi connectivity index (χ0) is 20.0. The second-order valence-electron chi connectivity index (χ2n) is 6.93. The van der Waals surface area contributed by atoms with E-state index < -0.39 is 5.69 Å². The number of aromatic hydroxyl groups is 2. The number of nitrogens with zero attached hydrogens (tertiary/aromatic N) is 4. The quantitative estimate of drug-likeness (QED) is 0.505. The van der Waals surface area contributed by atoms with Crippen LogP contribution in [0.25, 0.3) is 28.1 Å². The summed E-state index contributed by atoms with van der Waals surface area (Å²) in [5, 5.41) is 27.0. The van der Waals surface area contributed by atoms with Crippen molar-refractivity contribution in [2.75, 3.05) is 0 Å². The first-order valence-corrected chi connectivity index (χ1v) is 9.11. The second kappa shape index (κ2) is 6.56. The van der Waals surface area contributed by atoms with Crippen molar-refractivity contribution in [1.82, 2.24) is 24.3 Å². The summed E-state index contributed by atoms with van der Waals surface area (Å²) in [6.07, 6.45) is 2.32. The monoisotopic (exact) mass is 379 g/mol. The van der Waals surface area contributed by atoms with Crippen molar-refractivity contribution in [3.63, 3.8) is 0 Å². The van der Waals surface area contributed by atoms with Crippen LogP contribution in [-0.4, -0.2) is 34.5 Å². The third-order valence-corrected chi connectivity index (χ3v) is 4.87. The Bertz CT molecular complexity index is 1230. The van der Waals surface area contributed by atoms with Crippen molar-refractivity contribution in [2.45, 2.75) is 33.2 Å². The fraction of sp³-hybridized carbons (Fsp3) is 0.250. The Balaban J connectivity index is 2.00. The van der Waals surface area contributed by atoms with Gasteiger partial charge in [0.1, 0.15) is 17.0 Å². The molecule has 8 heteroatoms. The van der Waals surface area contributed by atoms with E-state index in [1.54, 1.807) is 18.5 Å². The fourth-order valence-corrected chi connectivity index (χ4v) is 3.42. The Kier molecular flexibility index (Phi) is 4.18. The summed E-state index contributed by atoms with van der Waals surface area (Å²) in [5.41, 5.74) is 2.69. The van der Waals surface area contributed by atoms with E-state index in [2.05, 4.69) is 29.0 Å². The highest BCUT2D eigenvalue weighted by Gasteiger charge is 2.20. The molecule has 0 atom stereocenters. The number of hydrogen-bond donors (Lipinski definition) is 3. The van der Waals surface area contributed by atoms with Crippen LogP contribution in [0.4, 0.5) is 0 Å². The Hall–Kier alpha value is -3.55. The van der Waals surface area contributed by atoms with Gasteiger partial charge in [0.05, 0.1) is 23.1 Å². The predicted molar refractivity (Wildman–Crippen MR) is 106 cm³/mol. The number of aromatic nitrogens is 5. The van der Waals surface area contributed by atoms with Gasteiger partial charge in [0.25, 0.3) is 0 Å². The molecule has 0 saturated heterocycles. The third kappa shape index (κ3) is 2.65. The molecule has 2 aromatic carbocycles. The minimum Gasteiger partial charge on any atom is -0.508 e. The number of fused-ring (bicyclic) bond motifs is 1. The molecule has 0 aliphatic rings. The summed E-state index contributed by atoms with van der Waals surface area (Å²) < 4.78 is 3.42. The van der Waals surface area contributed by atoms with Crippen LogP contribution in [0.3, 0.4) is 0 Å². The molecular weight excluding hydrogens is 358 g/mol. The number of aromatic amines is 1. The lowest BCUT2D eigenvalue weighted by Gasteiger charge is -2.11.